The molecular weight excluding hydrogens is 440 g/mol. The fourth-order valence-corrected chi connectivity index (χ4v) is 5.25. The van der Waals surface area contributed by atoms with Gasteiger partial charge in [0.15, 0.2) is 0 Å². The van der Waals surface area contributed by atoms with Crippen molar-refractivity contribution in [2.24, 2.45) is 5.92 Å². The molecule has 2 aromatic carbocycles. The highest BCUT2D eigenvalue weighted by atomic mass is 16.6. The van der Waals surface area contributed by atoms with E-state index in [1.165, 1.54) is 6.42 Å². The quantitative estimate of drug-likeness (QED) is 0.507. The average molecular weight is 479 g/mol. The molecule has 2 atom stereocenters. The van der Waals surface area contributed by atoms with Crippen molar-refractivity contribution in [2.75, 3.05) is 6.54 Å². The molecule has 1 N–H and O–H groups in total. The van der Waals surface area contributed by atoms with Gasteiger partial charge in [0.25, 0.3) is 0 Å². The first kappa shape index (κ1) is 25.1. The Morgan fingerprint density at radius 3 is 2.34 bits per heavy atom. The van der Waals surface area contributed by atoms with E-state index in [-0.39, 0.29) is 17.9 Å². The molecule has 1 aliphatic carbocycles. The number of nitrogens with zero attached hydrogens (tertiary/aromatic N) is 1. The summed E-state index contributed by atoms with van der Waals surface area (Å²) in [6.45, 7) is 6.20. The summed E-state index contributed by atoms with van der Waals surface area (Å²) in [7, 11) is 0. The summed E-state index contributed by atoms with van der Waals surface area (Å²) in [6.07, 6.45) is 6.57. The highest BCUT2D eigenvalue weighted by Gasteiger charge is 2.39. The highest BCUT2D eigenvalue weighted by molar-refractivity contribution is 5.86. The average Bonchev–Trinajstić information content (AvgIpc) is 3.33. The van der Waals surface area contributed by atoms with E-state index >= 15 is 0 Å². The third-order valence-corrected chi connectivity index (χ3v) is 6.82. The maximum Gasteiger partial charge on any atom is 0.408 e. The number of nitrogens with one attached hydrogen (secondary N) is 1. The van der Waals surface area contributed by atoms with E-state index in [4.69, 9.17) is 9.47 Å². The van der Waals surface area contributed by atoms with Crippen LogP contribution in [0.3, 0.4) is 0 Å². The lowest BCUT2D eigenvalue weighted by Gasteiger charge is -2.35. The first-order chi connectivity index (χ1) is 16.8. The predicted molar refractivity (Wildman–Crippen MR) is 136 cm³/mol. The second-order valence-corrected chi connectivity index (χ2v) is 10.7. The molecule has 2 fully saturated rings. The van der Waals surface area contributed by atoms with Crippen LogP contribution in [0.4, 0.5) is 4.79 Å². The number of amides is 2. The SMILES string of the molecule is CC(C)(C)OC(=O)NC(C(=O)N1CCC[C@H]1c1cccc(Oc2ccccc2)c1)C1CCCCC1. The third kappa shape index (κ3) is 6.77. The van der Waals surface area contributed by atoms with Gasteiger partial charge in [0.05, 0.1) is 6.04 Å². The van der Waals surface area contributed by atoms with E-state index in [0.717, 1.165) is 55.6 Å². The summed E-state index contributed by atoms with van der Waals surface area (Å²) in [4.78, 5) is 28.6. The maximum absolute atomic E-state index is 13.9. The van der Waals surface area contributed by atoms with Gasteiger partial charge >= 0.3 is 6.09 Å². The predicted octanol–water partition coefficient (Wildman–Crippen LogP) is 6.62. The Kier molecular flexibility index (Phi) is 7.99. The highest BCUT2D eigenvalue weighted by Crippen LogP contribution is 2.36. The lowest BCUT2D eigenvalue weighted by atomic mass is 9.83. The number of carbonyl (C=O) groups excluding carboxylic acids is 2. The van der Waals surface area contributed by atoms with E-state index < -0.39 is 17.7 Å². The van der Waals surface area contributed by atoms with Gasteiger partial charge in [0.2, 0.25) is 5.91 Å². The van der Waals surface area contributed by atoms with Crippen LogP contribution in [0.1, 0.15) is 77.3 Å². The van der Waals surface area contributed by atoms with E-state index in [1.807, 2.05) is 74.2 Å². The van der Waals surface area contributed by atoms with Crippen LogP contribution in [-0.2, 0) is 9.53 Å². The van der Waals surface area contributed by atoms with Crippen LogP contribution in [0.25, 0.3) is 0 Å². The number of hydrogen-bond donors (Lipinski definition) is 1. The van der Waals surface area contributed by atoms with E-state index in [0.29, 0.717) is 6.54 Å². The first-order valence-corrected chi connectivity index (χ1v) is 12.9. The van der Waals surface area contributed by atoms with Crippen molar-refractivity contribution >= 4 is 12.0 Å². The van der Waals surface area contributed by atoms with Crippen molar-refractivity contribution in [3.8, 4) is 11.5 Å². The summed E-state index contributed by atoms with van der Waals surface area (Å²) in [5.41, 5.74) is 0.448. The number of alkyl carbamates (subject to hydrolysis) is 1. The van der Waals surface area contributed by atoms with Gasteiger partial charge in [-0.15, -0.1) is 0 Å². The van der Waals surface area contributed by atoms with Gasteiger partial charge in [0, 0.05) is 6.54 Å². The molecule has 4 rings (SSSR count). The molecule has 2 aliphatic rings. The van der Waals surface area contributed by atoms with E-state index in [2.05, 4.69) is 11.4 Å². The molecule has 188 valence electrons. The van der Waals surface area contributed by atoms with Crippen molar-refractivity contribution in [1.82, 2.24) is 10.2 Å². The molecule has 0 spiro atoms. The van der Waals surface area contributed by atoms with E-state index in [9.17, 15) is 9.59 Å². The lowest BCUT2D eigenvalue weighted by Crippen LogP contribution is -2.53. The summed E-state index contributed by atoms with van der Waals surface area (Å²) in [5, 5.41) is 2.96. The molecule has 0 bridgehead atoms. The standard InChI is InChI=1S/C29H38N2O4/c1-29(2,3)35-28(33)30-26(21-12-6-4-7-13-21)27(32)31-19-11-18-25(31)22-14-10-17-24(20-22)34-23-15-8-5-9-16-23/h5,8-10,14-17,20-21,25-26H,4,6-7,11-13,18-19H2,1-3H3,(H,30,33)/t25-,26?/m0/s1. The van der Waals surface area contributed by atoms with Gasteiger partial charge in [-0.05, 0) is 82.2 Å². The molecule has 35 heavy (non-hydrogen) atoms. The van der Waals surface area contributed by atoms with Crippen LogP contribution < -0.4 is 10.1 Å². The normalized spacial score (nSPS) is 19.7. The molecular formula is C29H38N2O4. The van der Waals surface area contributed by atoms with Gasteiger partial charge < -0.3 is 19.7 Å². The number of ether oxygens (including phenoxy) is 2. The second kappa shape index (κ2) is 11.1. The lowest BCUT2D eigenvalue weighted by molar-refractivity contribution is -0.136. The Labute approximate surface area is 209 Å². The van der Waals surface area contributed by atoms with Crippen molar-refractivity contribution < 1.29 is 19.1 Å². The van der Waals surface area contributed by atoms with Gasteiger partial charge in [0.1, 0.15) is 23.1 Å². The van der Waals surface area contributed by atoms with Crippen molar-refractivity contribution in [1.29, 1.82) is 0 Å². The number of benzene rings is 2. The van der Waals surface area contributed by atoms with Crippen LogP contribution in [-0.4, -0.2) is 35.1 Å². The Morgan fingerprint density at radius 2 is 1.63 bits per heavy atom. The van der Waals surface area contributed by atoms with Crippen molar-refractivity contribution in [2.45, 2.75) is 83.4 Å². The van der Waals surface area contributed by atoms with Crippen LogP contribution in [0.15, 0.2) is 54.6 Å². The molecule has 2 amide bonds. The van der Waals surface area contributed by atoms with Crippen molar-refractivity contribution in [3.05, 3.63) is 60.2 Å². The topological polar surface area (TPSA) is 67.9 Å². The molecule has 1 heterocycles. The fraction of sp³-hybridized carbons (Fsp3) is 0.517. The summed E-state index contributed by atoms with van der Waals surface area (Å²) < 4.78 is 11.6. The zero-order chi connectivity index (χ0) is 24.8. The summed E-state index contributed by atoms with van der Waals surface area (Å²) >= 11 is 0. The number of carbonyl (C=O) groups is 2. The molecule has 1 saturated heterocycles. The van der Waals surface area contributed by atoms with Crippen LogP contribution >= 0.6 is 0 Å². The largest absolute Gasteiger partial charge is 0.457 e. The summed E-state index contributed by atoms with van der Waals surface area (Å²) in [6, 6.07) is 17.1. The minimum atomic E-state index is -0.611. The molecule has 0 radical (unpaired) electrons. The second-order valence-electron chi connectivity index (χ2n) is 10.7. The van der Waals surface area contributed by atoms with Gasteiger partial charge in [-0.2, -0.15) is 0 Å². The first-order valence-electron chi connectivity index (χ1n) is 12.9. The molecule has 2 aromatic rings. The minimum Gasteiger partial charge on any atom is -0.457 e. The maximum atomic E-state index is 13.9. The zero-order valence-electron chi connectivity index (χ0n) is 21.2. The third-order valence-electron chi connectivity index (χ3n) is 6.82. The van der Waals surface area contributed by atoms with E-state index in [1.54, 1.807) is 0 Å². The van der Waals surface area contributed by atoms with Crippen LogP contribution in [0, 0.1) is 5.92 Å². The minimum absolute atomic E-state index is 0.000333. The molecule has 1 unspecified atom stereocenters. The molecule has 1 aliphatic heterocycles. The summed E-state index contributed by atoms with van der Waals surface area (Å²) in [5.74, 6) is 1.67. The number of hydrogen-bond acceptors (Lipinski definition) is 4. The smallest absolute Gasteiger partial charge is 0.408 e. The molecule has 0 aromatic heterocycles. The van der Waals surface area contributed by atoms with Gasteiger partial charge in [-0.3, -0.25) is 4.79 Å². The Morgan fingerprint density at radius 1 is 0.914 bits per heavy atom. The Bertz CT molecular complexity index is 995. The van der Waals surface area contributed by atoms with Crippen molar-refractivity contribution in [3.63, 3.8) is 0 Å². The van der Waals surface area contributed by atoms with Crippen LogP contribution in [0.2, 0.25) is 0 Å². The molecule has 6 heteroatoms. The van der Waals surface area contributed by atoms with Gasteiger partial charge in [-0.1, -0.05) is 49.6 Å². The Balaban J connectivity index is 1.52. The zero-order valence-corrected chi connectivity index (χ0v) is 21.2. The molecule has 1 saturated carbocycles. The fourth-order valence-electron chi connectivity index (χ4n) is 5.25. The number of likely N-dealkylation sites (tertiary alicyclic amines) is 1. The number of para-hydroxylation sites is 1. The monoisotopic (exact) mass is 478 g/mol. The number of rotatable bonds is 6. The Hall–Kier alpha value is -3.02. The van der Waals surface area contributed by atoms with Gasteiger partial charge in [-0.25, -0.2) is 4.79 Å². The molecule has 6 nitrogen and oxygen atoms in total. The van der Waals surface area contributed by atoms with Crippen LogP contribution in [0.5, 0.6) is 11.5 Å².